The molecule has 2 rings (SSSR count). The zero-order chi connectivity index (χ0) is 13.7. The first-order chi connectivity index (χ1) is 9.16. The first kappa shape index (κ1) is 14.5. The Morgan fingerprint density at radius 2 is 1.84 bits per heavy atom. The van der Waals surface area contributed by atoms with Crippen molar-refractivity contribution >= 4 is 27.5 Å². The summed E-state index contributed by atoms with van der Waals surface area (Å²) in [4.78, 5) is 0. The summed E-state index contributed by atoms with van der Waals surface area (Å²) in [5.41, 5.74) is 1.88. The maximum atomic E-state index is 13.6. The molecule has 0 aromatic heterocycles. The van der Waals surface area contributed by atoms with Crippen LogP contribution in [-0.4, -0.2) is 0 Å². The van der Waals surface area contributed by atoms with Crippen molar-refractivity contribution in [3.63, 3.8) is 0 Å². The van der Waals surface area contributed by atoms with Gasteiger partial charge in [-0.15, -0.1) is 11.6 Å². The first-order valence-corrected chi connectivity index (χ1v) is 7.52. The van der Waals surface area contributed by atoms with Gasteiger partial charge in [-0.2, -0.15) is 0 Å². The highest BCUT2D eigenvalue weighted by Crippen LogP contribution is 2.26. The van der Waals surface area contributed by atoms with E-state index in [1.165, 1.54) is 6.07 Å². The van der Waals surface area contributed by atoms with E-state index in [4.69, 9.17) is 11.6 Å². The van der Waals surface area contributed by atoms with Gasteiger partial charge < -0.3 is 0 Å². The van der Waals surface area contributed by atoms with Crippen LogP contribution >= 0.6 is 27.5 Å². The molecule has 1 atom stereocenters. The lowest BCUT2D eigenvalue weighted by molar-refractivity contribution is 0.598. The molecule has 0 bridgehead atoms. The SMILES string of the molecule is Fc1cc(Br)ccc1CCCC(Cl)c1ccccc1. The van der Waals surface area contributed by atoms with E-state index in [2.05, 4.69) is 15.9 Å². The number of rotatable bonds is 5. The first-order valence-electron chi connectivity index (χ1n) is 6.30. The van der Waals surface area contributed by atoms with Crippen molar-refractivity contribution < 1.29 is 4.39 Å². The van der Waals surface area contributed by atoms with Crippen LogP contribution in [0.15, 0.2) is 53.0 Å². The maximum absolute atomic E-state index is 13.6. The Bertz CT molecular complexity index is 528. The molecule has 0 spiro atoms. The van der Waals surface area contributed by atoms with Gasteiger partial charge in [0, 0.05) is 4.47 Å². The number of aryl methyl sites for hydroxylation is 1. The Hall–Kier alpha value is -0.860. The smallest absolute Gasteiger partial charge is 0.127 e. The van der Waals surface area contributed by atoms with Crippen molar-refractivity contribution in [2.45, 2.75) is 24.6 Å². The summed E-state index contributed by atoms with van der Waals surface area (Å²) >= 11 is 9.59. The van der Waals surface area contributed by atoms with Gasteiger partial charge in [0.15, 0.2) is 0 Å². The third kappa shape index (κ3) is 4.32. The second-order valence-corrected chi connectivity index (χ2v) is 5.95. The van der Waals surface area contributed by atoms with Crippen molar-refractivity contribution in [3.05, 3.63) is 69.9 Å². The molecular weight excluding hydrogens is 327 g/mol. The zero-order valence-electron chi connectivity index (χ0n) is 10.5. The standard InChI is InChI=1S/C16H15BrClF/c17-14-10-9-13(16(19)11-14)7-4-8-15(18)12-5-2-1-3-6-12/h1-3,5-6,9-11,15H,4,7-8H2. The van der Waals surface area contributed by atoms with E-state index >= 15 is 0 Å². The third-order valence-corrected chi connectivity index (χ3v) is 4.04. The minimum Gasteiger partial charge on any atom is -0.207 e. The van der Waals surface area contributed by atoms with E-state index < -0.39 is 0 Å². The van der Waals surface area contributed by atoms with Crippen molar-refractivity contribution in [1.29, 1.82) is 0 Å². The lowest BCUT2D eigenvalue weighted by atomic mass is 10.0. The number of alkyl halides is 1. The monoisotopic (exact) mass is 340 g/mol. The van der Waals surface area contributed by atoms with E-state index in [0.717, 1.165) is 34.9 Å². The molecule has 0 aliphatic rings. The lowest BCUT2D eigenvalue weighted by Gasteiger charge is -2.10. The average molecular weight is 342 g/mol. The summed E-state index contributed by atoms with van der Waals surface area (Å²) in [5, 5.41) is -0.000269. The summed E-state index contributed by atoms with van der Waals surface area (Å²) in [7, 11) is 0. The fourth-order valence-electron chi connectivity index (χ4n) is 2.02. The van der Waals surface area contributed by atoms with E-state index in [-0.39, 0.29) is 11.2 Å². The number of benzene rings is 2. The Kier molecular flexibility index (Phi) is 5.41. The van der Waals surface area contributed by atoms with Gasteiger partial charge in [-0.1, -0.05) is 52.3 Å². The minimum absolute atomic E-state index is 0.000269. The maximum Gasteiger partial charge on any atom is 0.127 e. The molecule has 1 unspecified atom stereocenters. The number of hydrogen-bond acceptors (Lipinski definition) is 0. The van der Waals surface area contributed by atoms with E-state index in [1.807, 2.05) is 42.5 Å². The molecule has 2 aromatic carbocycles. The summed E-state index contributed by atoms with van der Waals surface area (Å²) < 4.78 is 14.4. The molecule has 3 heteroatoms. The van der Waals surface area contributed by atoms with Crippen LogP contribution < -0.4 is 0 Å². The highest BCUT2D eigenvalue weighted by atomic mass is 79.9. The van der Waals surface area contributed by atoms with E-state index in [9.17, 15) is 4.39 Å². The molecule has 0 amide bonds. The zero-order valence-corrected chi connectivity index (χ0v) is 12.8. The fraction of sp³-hybridized carbons (Fsp3) is 0.250. The highest BCUT2D eigenvalue weighted by molar-refractivity contribution is 9.10. The normalized spacial score (nSPS) is 12.4. The third-order valence-electron chi connectivity index (χ3n) is 3.08. The number of hydrogen-bond donors (Lipinski definition) is 0. The molecule has 0 heterocycles. The molecule has 0 nitrogen and oxygen atoms in total. The molecule has 0 radical (unpaired) electrons. The van der Waals surface area contributed by atoms with Crippen LogP contribution in [0.1, 0.15) is 29.3 Å². The molecule has 0 aliphatic heterocycles. The van der Waals surface area contributed by atoms with Crippen LogP contribution in [0.2, 0.25) is 0 Å². The van der Waals surface area contributed by atoms with Crippen LogP contribution in [0.3, 0.4) is 0 Å². The molecule has 2 aromatic rings. The molecule has 0 saturated heterocycles. The molecule has 0 fully saturated rings. The van der Waals surface area contributed by atoms with Crippen LogP contribution in [0.25, 0.3) is 0 Å². The predicted molar refractivity (Wildman–Crippen MR) is 82.1 cm³/mol. The Balaban J connectivity index is 1.86. The van der Waals surface area contributed by atoms with Gasteiger partial charge in [0.1, 0.15) is 5.82 Å². The topological polar surface area (TPSA) is 0 Å². The highest BCUT2D eigenvalue weighted by Gasteiger charge is 2.08. The van der Waals surface area contributed by atoms with Gasteiger partial charge >= 0.3 is 0 Å². The van der Waals surface area contributed by atoms with Crippen molar-refractivity contribution in [2.75, 3.05) is 0 Å². The second-order valence-electron chi connectivity index (χ2n) is 4.51. The molecule has 0 N–H and O–H groups in total. The van der Waals surface area contributed by atoms with Crippen molar-refractivity contribution in [3.8, 4) is 0 Å². The van der Waals surface area contributed by atoms with Gasteiger partial charge in [-0.3, -0.25) is 0 Å². The lowest BCUT2D eigenvalue weighted by Crippen LogP contribution is -1.95. The van der Waals surface area contributed by atoms with Crippen LogP contribution in [-0.2, 0) is 6.42 Å². The second kappa shape index (κ2) is 7.06. The molecule has 0 saturated carbocycles. The number of halogens is 3. The van der Waals surface area contributed by atoms with Crippen LogP contribution in [0, 0.1) is 5.82 Å². The van der Waals surface area contributed by atoms with E-state index in [1.54, 1.807) is 0 Å². The quantitative estimate of drug-likeness (QED) is 0.595. The van der Waals surface area contributed by atoms with Gasteiger partial charge in [-0.25, -0.2) is 4.39 Å². The largest absolute Gasteiger partial charge is 0.207 e. The minimum atomic E-state index is -0.153. The van der Waals surface area contributed by atoms with Crippen LogP contribution in [0.5, 0.6) is 0 Å². The van der Waals surface area contributed by atoms with Gasteiger partial charge in [0.05, 0.1) is 5.38 Å². The Morgan fingerprint density at radius 3 is 2.53 bits per heavy atom. The Morgan fingerprint density at radius 1 is 1.11 bits per heavy atom. The summed E-state index contributed by atoms with van der Waals surface area (Å²) in [6.45, 7) is 0. The predicted octanol–water partition coefficient (Wildman–Crippen LogP) is 5.89. The van der Waals surface area contributed by atoms with Gasteiger partial charge in [0.2, 0.25) is 0 Å². The molecule has 0 aliphatic carbocycles. The summed E-state index contributed by atoms with van der Waals surface area (Å²) in [6, 6.07) is 15.2. The van der Waals surface area contributed by atoms with Crippen molar-refractivity contribution in [1.82, 2.24) is 0 Å². The molecular formula is C16H15BrClF. The summed E-state index contributed by atoms with van der Waals surface area (Å²) in [5.74, 6) is -0.153. The van der Waals surface area contributed by atoms with Gasteiger partial charge in [0.25, 0.3) is 0 Å². The fourth-order valence-corrected chi connectivity index (χ4v) is 2.66. The summed E-state index contributed by atoms with van der Waals surface area (Å²) in [6.07, 6.45) is 2.44. The Labute approximate surface area is 126 Å². The van der Waals surface area contributed by atoms with Crippen LogP contribution in [0.4, 0.5) is 4.39 Å². The van der Waals surface area contributed by atoms with E-state index in [0.29, 0.717) is 0 Å². The molecule has 100 valence electrons. The average Bonchev–Trinajstić information content (AvgIpc) is 2.42. The molecule has 19 heavy (non-hydrogen) atoms. The van der Waals surface area contributed by atoms with Gasteiger partial charge in [-0.05, 0) is 42.5 Å². The van der Waals surface area contributed by atoms with Crippen molar-refractivity contribution in [2.24, 2.45) is 0 Å².